The Morgan fingerprint density at radius 3 is 1.10 bits per heavy atom. The minimum Gasteiger partial charge on any atom is -0.481 e. The average Bonchev–Trinajstić information content (AvgIpc) is 0.793. The number of rotatable bonds is 14. The maximum absolute atomic E-state index is 12.9. The molecule has 24 nitrogen and oxygen atoms in total. The van der Waals surface area contributed by atoms with E-state index >= 15 is 0 Å². The maximum Gasteiger partial charge on any atom is 0.433 e. The fourth-order valence-corrected chi connectivity index (χ4v) is 16.7. The van der Waals surface area contributed by atoms with Crippen molar-refractivity contribution in [2.75, 3.05) is 100.0 Å². The van der Waals surface area contributed by atoms with Crippen molar-refractivity contribution in [3.05, 3.63) is 130 Å². The number of aromatic nitrogens is 5. The Bertz CT molecular complexity index is 3740. The maximum atomic E-state index is 12.9. The summed E-state index contributed by atoms with van der Waals surface area (Å²) in [6, 6.07) is 20.6. The number of carbonyl (C=O) groups excluding carboxylic acids is 5. The first kappa shape index (κ1) is 78.1. The molecule has 5 amide bonds. The van der Waals surface area contributed by atoms with Crippen LogP contribution in [0.25, 0.3) is 0 Å². The SMILES string of the molecule is CC(C)N1CC2CC(C1)N2C(=O)c1ccc(C(F)(F)F)nc1.CCc1ccc(C(=O)N2C3CC2CN(C(C)C)C3)cn1.COc1ccc(C(=O)N2C3COCC2CN(C(C)C)C3)cn1.COc1ccc(C(=O)N2CC3CC(C2)N3C(C)C)cn1.COc1ncc(C(=O)N2C3CC2CN(C(C)C)C3)cc1C. The van der Waals surface area contributed by atoms with Crippen LogP contribution in [0.1, 0.15) is 171 Å². The van der Waals surface area contributed by atoms with Gasteiger partial charge < -0.3 is 43.4 Å². The predicted molar refractivity (Wildman–Crippen MR) is 392 cm³/mol. The van der Waals surface area contributed by atoms with Gasteiger partial charge in [0.2, 0.25) is 17.6 Å². The van der Waals surface area contributed by atoms with E-state index in [2.05, 4.69) is 130 Å². The highest BCUT2D eigenvalue weighted by Gasteiger charge is 2.52. The molecule has 10 unspecified atom stereocenters. The highest BCUT2D eigenvalue weighted by atomic mass is 19.4. The van der Waals surface area contributed by atoms with Crippen LogP contribution in [0.2, 0.25) is 0 Å². The van der Waals surface area contributed by atoms with Crippen LogP contribution in [0.4, 0.5) is 13.2 Å². The number of piperidine rings is 4. The van der Waals surface area contributed by atoms with E-state index in [9.17, 15) is 37.1 Å². The van der Waals surface area contributed by atoms with Crippen molar-refractivity contribution in [1.29, 1.82) is 0 Å². The van der Waals surface area contributed by atoms with Crippen molar-refractivity contribution in [3.63, 3.8) is 0 Å². The molecule has 12 fully saturated rings. The number of hydrogen-bond acceptors (Lipinski definition) is 19. The van der Waals surface area contributed by atoms with E-state index in [1.54, 1.807) is 75.3 Å². The van der Waals surface area contributed by atoms with Gasteiger partial charge in [-0.1, -0.05) is 6.92 Å². The van der Waals surface area contributed by atoms with Crippen molar-refractivity contribution in [2.24, 2.45) is 0 Å². The van der Waals surface area contributed by atoms with Gasteiger partial charge in [-0.15, -0.1) is 0 Å². The number of carbonyl (C=O) groups is 5. The molecule has 12 saturated heterocycles. The molecule has 12 aliphatic rings. The number of morpholine rings is 1. The molecule has 10 atom stereocenters. The molecule has 5 aromatic heterocycles. The van der Waals surface area contributed by atoms with Gasteiger partial charge in [0.05, 0.1) is 74.4 Å². The standard InChI is InChI=1S/C16H23N3O3.C16H23N3O2.C16H23N3O.C15H18F3N3O.C15H21N3O2/c1-11(2)18-7-13-9-22-10-14(8-18)19(13)16(20)12-4-5-15(21-3)17-6-12;1-10(2)18-8-13-6-14(9-18)19(13)16(20)12-5-11(3)15(21-4)17-7-12;1-4-13-6-5-12(8-17-13)16(20)19-14-7-15(19)10-18(9-14)11(2)3;1-9(2)20-7-11-5-12(8-20)21(11)14(22)10-3-4-13(19-6-10)15(16,17)18;1-10(2)18-12-6-13(18)9-17(8-12)15(19)11-4-5-14(20-3)16-7-11/h4-6,11,13-14H,7-10H2,1-3H3;5,7,10,13-14H,6,8-9H2,1-4H3;5-6,8,11,14-15H,4,7,9-10H2,1-3H3;3-4,6,9,11-12H,5,7-8H2,1-2H3;4-5,7,10,12-13H,6,8-9H2,1-3H3. The largest absolute Gasteiger partial charge is 0.481 e. The first-order valence-corrected chi connectivity index (χ1v) is 37.5. The number of methoxy groups -OCH3 is 3. The second-order valence-electron chi connectivity index (χ2n) is 30.9. The van der Waals surface area contributed by atoms with Crippen LogP contribution < -0.4 is 14.2 Å². The number of piperazine rings is 5. The summed E-state index contributed by atoms with van der Waals surface area (Å²) in [6.07, 6.45) is 8.50. The molecule has 17 rings (SSSR count). The third kappa shape index (κ3) is 17.4. The minimum atomic E-state index is -4.48. The Labute approximate surface area is 616 Å². The van der Waals surface area contributed by atoms with Gasteiger partial charge in [-0.3, -0.25) is 58.4 Å². The number of halogens is 3. The zero-order valence-electron chi connectivity index (χ0n) is 63.8. The van der Waals surface area contributed by atoms with Gasteiger partial charge in [0.25, 0.3) is 29.5 Å². The first-order valence-electron chi connectivity index (χ1n) is 37.5. The van der Waals surface area contributed by atoms with E-state index in [4.69, 9.17) is 18.9 Å². The van der Waals surface area contributed by atoms with Gasteiger partial charge in [-0.05, 0) is 151 Å². The van der Waals surface area contributed by atoms with E-state index in [0.29, 0.717) is 114 Å². The lowest BCUT2D eigenvalue weighted by atomic mass is 9.85. The zero-order chi connectivity index (χ0) is 75.5. The van der Waals surface area contributed by atoms with Crippen LogP contribution in [0.15, 0.2) is 85.6 Å². The molecule has 27 heteroatoms. The third-order valence-electron chi connectivity index (χ3n) is 22.5. The van der Waals surface area contributed by atoms with Gasteiger partial charge >= 0.3 is 6.18 Å². The molecule has 0 aromatic carbocycles. The molecular formula is C78H108F3N15O9. The van der Waals surface area contributed by atoms with E-state index in [-0.39, 0.29) is 59.3 Å². The number of aryl methyl sites for hydroxylation is 2. The van der Waals surface area contributed by atoms with Crippen molar-refractivity contribution < 1.29 is 56.1 Å². The third-order valence-corrected chi connectivity index (χ3v) is 22.5. The van der Waals surface area contributed by atoms with Crippen LogP contribution in [-0.4, -0.2) is 294 Å². The second kappa shape index (κ2) is 33.5. The van der Waals surface area contributed by atoms with Gasteiger partial charge in [-0.2, -0.15) is 13.2 Å². The number of nitrogens with zero attached hydrogens (tertiary/aromatic N) is 15. The smallest absolute Gasteiger partial charge is 0.433 e. The summed E-state index contributed by atoms with van der Waals surface area (Å²) in [6.45, 7) is 36.2. The van der Waals surface area contributed by atoms with E-state index in [0.717, 1.165) is 120 Å². The monoisotopic (exact) mass is 1460 g/mol. The predicted octanol–water partition coefficient (Wildman–Crippen LogP) is 8.49. The summed E-state index contributed by atoms with van der Waals surface area (Å²) in [5.41, 5.74) is 3.84. The van der Waals surface area contributed by atoms with Crippen molar-refractivity contribution in [2.45, 2.75) is 212 Å². The van der Waals surface area contributed by atoms with Gasteiger partial charge in [-0.25, -0.2) is 15.0 Å². The van der Waals surface area contributed by atoms with Crippen molar-refractivity contribution in [3.8, 4) is 17.6 Å². The molecule has 5 aromatic rings. The number of fused-ring (bicyclic) bond motifs is 10. The summed E-state index contributed by atoms with van der Waals surface area (Å²) in [7, 11) is 4.73. The molecule has 17 heterocycles. The number of pyridine rings is 5. The fourth-order valence-electron chi connectivity index (χ4n) is 16.7. The van der Waals surface area contributed by atoms with Crippen LogP contribution in [0, 0.1) is 6.92 Å². The highest BCUT2D eigenvalue weighted by molar-refractivity contribution is 5.97. The number of amides is 5. The quantitative estimate of drug-likeness (QED) is 0.102. The second-order valence-corrected chi connectivity index (χ2v) is 30.9. The Balaban J connectivity index is 0.000000131. The van der Waals surface area contributed by atoms with Crippen LogP contribution in [0.5, 0.6) is 17.6 Å². The Hall–Kier alpha value is -7.95. The summed E-state index contributed by atoms with van der Waals surface area (Å²) in [4.78, 5) is 105. The molecule has 12 aliphatic heterocycles. The minimum absolute atomic E-state index is 0.0388. The fraction of sp³-hybridized carbons (Fsp3) is 0.615. The molecular weight excluding hydrogens is 1350 g/mol. The van der Waals surface area contributed by atoms with E-state index in [1.807, 2.05) is 39.8 Å². The zero-order valence-corrected chi connectivity index (χ0v) is 63.8. The summed E-state index contributed by atoms with van der Waals surface area (Å²) in [5.74, 6) is 1.81. The van der Waals surface area contributed by atoms with Crippen molar-refractivity contribution >= 4 is 29.5 Å². The molecule has 0 aliphatic carbocycles. The lowest BCUT2D eigenvalue weighted by Crippen LogP contribution is -2.70. The molecule has 0 saturated carbocycles. The van der Waals surface area contributed by atoms with Gasteiger partial charge in [0.15, 0.2) is 0 Å². The topological polar surface area (TPSA) is 219 Å². The number of hydrogen-bond donors (Lipinski definition) is 0. The van der Waals surface area contributed by atoms with Crippen LogP contribution in [-0.2, 0) is 17.3 Å². The van der Waals surface area contributed by atoms with Crippen LogP contribution in [0.3, 0.4) is 0 Å². The summed E-state index contributed by atoms with van der Waals surface area (Å²) < 4.78 is 58.4. The molecule has 0 N–H and O–H groups in total. The van der Waals surface area contributed by atoms with Crippen molar-refractivity contribution in [1.82, 2.24) is 73.9 Å². The number of ether oxygens (including phenoxy) is 4. The normalized spacial score (nSPS) is 25.3. The Kier molecular flexibility index (Phi) is 24.9. The average molecular weight is 1460 g/mol. The first-order chi connectivity index (χ1) is 50.1. The number of alkyl halides is 3. The van der Waals surface area contributed by atoms with E-state index in [1.165, 1.54) is 12.5 Å². The Morgan fingerprint density at radius 1 is 0.429 bits per heavy atom. The van der Waals surface area contributed by atoms with E-state index < -0.39 is 11.9 Å². The molecule has 570 valence electrons. The van der Waals surface area contributed by atoms with Gasteiger partial charge in [0, 0.05) is 198 Å². The molecule has 105 heavy (non-hydrogen) atoms. The lowest BCUT2D eigenvalue weighted by Gasteiger charge is -2.58. The van der Waals surface area contributed by atoms with Crippen LogP contribution >= 0.6 is 0 Å². The van der Waals surface area contributed by atoms with Gasteiger partial charge in [0.1, 0.15) is 5.69 Å². The molecule has 0 radical (unpaired) electrons. The molecule has 0 spiro atoms. The number of likely N-dealkylation sites (tertiary alicyclic amines) is 4. The Morgan fingerprint density at radius 2 is 0.781 bits per heavy atom. The highest BCUT2D eigenvalue weighted by Crippen LogP contribution is 2.39. The lowest BCUT2D eigenvalue weighted by molar-refractivity contribution is -0.141. The molecule has 10 bridgehead atoms. The summed E-state index contributed by atoms with van der Waals surface area (Å²) in [5, 5.41) is 0. The summed E-state index contributed by atoms with van der Waals surface area (Å²) >= 11 is 0.